The van der Waals surface area contributed by atoms with E-state index in [9.17, 15) is 4.79 Å². The van der Waals surface area contributed by atoms with Gasteiger partial charge in [0.15, 0.2) is 5.82 Å². The fraction of sp³-hybridized carbons (Fsp3) is 0.312. The molecule has 1 aromatic carbocycles. The largest absolute Gasteiger partial charge is 0.379 e. The van der Waals surface area contributed by atoms with Gasteiger partial charge in [0.05, 0.1) is 22.7 Å². The van der Waals surface area contributed by atoms with Gasteiger partial charge in [-0.15, -0.1) is 0 Å². The summed E-state index contributed by atoms with van der Waals surface area (Å²) in [6.07, 6.45) is 3.71. The average Bonchev–Trinajstić information content (AvgIpc) is 3.02. The third-order valence-corrected chi connectivity index (χ3v) is 4.85. The number of rotatable bonds is 5. The number of halogens is 2. The van der Waals surface area contributed by atoms with E-state index >= 15 is 0 Å². The predicted molar refractivity (Wildman–Crippen MR) is 97.2 cm³/mol. The van der Waals surface area contributed by atoms with E-state index in [1.165, 1.54) is 6.21 Å². The Bertz CT molecular complexity index is 808. The third-order valence-electron chi connectivity index (χ3n) is 4.11. The quantitative estimate of drug-likeness (QED) is 0.690. The molecule has 1 saturated heterocycles. The number of aromatic nitrogens is 2. The number of hydrogen-bond acceptors (Lipinski definition) is 5. The van der Waals surface area contributed by atoms with Gasteiger partial charge in [0, 0.05) is 30.6 Å². The maximum absolute atomic E-state index is 11.8. The van der Waals surface area contributed by atoms with E-state index in [1.54, 1.807) is 29.1 Å². The minimum atomic E-state index is -0.600. The molecule has 2 heterocycles. The molecule has 0 unspecified atom stereocenters. The van der Waals surface area contributed by atoms with Crippen LogP contribution in [0.15, 0.2) is 24.4 Å². The second-order valence-electron chi connectivity index (χ2n) is 5.75. The molecule has 25 heavy (non-hydrogen) atoms. The Kier molecular flexibility index (Phi) is 5.27. The summed E-state index contributed by atoms with van der Waals surface area (Å²) in [5, 5.41) is 15.9. The van der Waals surface area contributed by atoms with Crippen LogP contribution in [0.1, 0.15) is 22.8 Å². The minimum absolute atomic E-state index is 0.00722. The molecule has 1 amide bonds. The Hall–Kier alpha value is -2.09. The maximum atomic E-state index is 11.8. The molecule has 0 bridgehead atoms. The summed E-state index contributed by atoms with van der Waals surface area (Å²) in [7, 11) is 0. The van der Waals surface area contributed by atoms with E-state index in [0.29, 0.717) is 34.8 Å². The first-order valence-corrected chi connectivity index (χ1v) is 8.44. The summed E-state index contributed by atoms with van der Waals surface area (Å²) in [4.78, 5) is 11.8. The van der Waals surface area contributed by atoms with Crippen LogP contribution in [-0.2, 0) is 4.74 Å². The van der Waals surface area contributed by atoms with Gasteiger partial charge < -0.3 is 21.2 Å². The van der Waals surface area contributed by atoms with Crippen molar-refractivity contribution in [3.8, 4) is 0 Å². The standard InChI is InChI=1S/C16H17Cl2N5O2/c17-12-2-1-10(5-13(12)18)21-16-11(15(20)24)7-23(22-16)14-8-25-4-3-9(14)6-19/h1-2,5-7,9,14,19H,3-4,8H2,(H2,20,24)(H,21,22)/t9-,14+/m1/s1. The smallest absolute Gasteiger partial charge is 0.254 e. The van der Waals surface area contributed by atoms with Gasteiger partial charge in [-0.1, -0.05) is 23.2 Å². The van der Waals surface area contributed by atoms with Crippen LogP contribution in [-0.4, -0.2) is 35.1 Å². The Balaban J connectivity index is 1.93. The molecular formula is C16H17Cl2N5O2. The highest BCUT2D eigenvalue weighted by Gasteiger charge is 2.28. The summed E-state index contributed by atoms with van der Waals surface area (Å²) in [5.74, 6) is -0.288. The lowest BCUT2D eigenvalue weighted by atomic mass is 9.96. The van der Waals surface area contributed by atoms with E-state index in [4.69, 9.17) is 39.1 Å². The molecule has 0 aliphatic carbocycles. The lowest BCUT2D eigenvalue weighted by Gasteiger charge is -2.28. The van der Waals surface area contributed by atoms with Gasteiger partial charge in [-0.25, -0.2) is 0 Å². The highest BCUT2D eigenvalue weighted by Crippen LogP contribution is 2.30. The number of ether oxygens (including phenoxy) is 1. The van der Waals surface area contributed by atoms with Crippen molar-refractivity contribution in [2.45, 2.75) is 12.5 Å². The Morgan fingerprint density at radius 3 is 2.92 bits per heavy atom. The Morgan fingerprint density at radius 2 is 2.24 bits per heavy atom. The summed E-state index contributed by atoms with van der Waals surface area (Å²) < 4.78 is 7.13. The number of nitrogens with two attached hydrogens (primary N) is 1. The molecule has 1 aliphatic rings. The lowest BCUT2D eigenvalue weighted by molar-refractivity contribution is 0.0384. The predicted octanol–water partition coefficient (Wildman–Crippen LogP) is 3.26. The summed E-state index contributed by atoms with van der Waals surface area (Å²) in [6, 6.07) is 4.85. The topological polar surface area (TPSA) is 106 Å². The second kappa shape index (κ2) is 7.43. The van der Waals surface area contributed by atoms with Gasteiger partial charge in [-0.3, -0.25) is 9.48 Å². The van der Waals surface area contributed by atoms with Crippen LogP contribution in [0.5, 0.6) is 0 Å². The van der Waals surface area contributed by atoms with E-state index in [0.717, 1.165) is 6.42 Å². The highest BCUT2D eigenvalue weighted by atomic mass is 35.5. The number of nitrogens with zero attached hydrogens (tertiary/aromatic N) is 2. The molecule has 0 saturated carbocycles. The fourth-order valence-corrected chi connectivity index (χ4v) is 3.05. The van der Waals surface area contributed by atoms with E-state index < -0.39 is 5.91 Å². The van der Waals surface area contributed by atoms with E-state index in [2.05, 4.69) is 10.4 Å². The molecule has 4 N–H and O–H groups in total. The van der Waals surface area contributed by atoms with Crippen molar-refractivity contribution < 1.29 is 9.53 Å². The molecule has 1 fully saturated rings. The van der Waals surface area contributed by atoms with Crippen LogP contribution in [0.25, 0.3) is 0 Å². The van der Waals surface area contributed by atoms with Gasteiger partial charge in [-0.05, 0) is 24.6 Å². The first-order chi connectivity index (χ1) is 12.0. The van der Waals surface area contributed by atoms with Gasteiger partial charge in [0.25, 0.3) is 5.91 Å². The van der Waals surface area contributed by atoms with Crippen molar-refractivity contribution in [2.75, 3.05) is 18.5 Å². The number of carbonyl (C=O) groups excluding carboxylic acids is 1. The molecule has 9 heteroatoms. The number of hydrogen-bond donors (Lipinski definition) is 3. The van der Waals surface area contributed by atoms with Crippen LogP contribution in [0.3, 0.4) is 0 Å². The first-order valence-electron chi connectivity index (χ1n) is 7.69. The molecule has 1 aromatic heterocycles. The normalized spacial score (nSPS) is 20.2. The second-order valence-corrected chi connectivity index (χ2v) is 6.57. The van der Waals surface area contributed by atoms with Crippen LogP contribution in [0.2, 0.25) is 10.0 Å². The summed E-state index contributed by atoms with van der Waals surface area (Å²) >= 11 is 11.9. The van der Waals surface area contributed by atoms with E-state index in [1.807, 2.05) is 0 Å². The Labute approximate surface area is 154 Å². The zero-order valence-corrected chi connectivity index (χ0v) is 14.7. The van der Waals surface area contributed by atoms with Crippen molar-refractivity contribution in [1.82, 2.24) is 9.78 Å². The zero-order chi connectivity index (χ0) is 18.0. The van der Waals surface area contributed by atoms with Crippen LogP contribution >= 0.6 is 23.2 Å². The average molecular weight is 382 g/mol. The molecule has 0 spiro atoms. The van der Waals surface area contributed by atoms with Crippen molar-refractivity contribution in [3.05, 3.63) is 40.0 Å². The number of amides is 1. The highest BCUT2D eigenvalue weighted by molar-refractivity contribution is 6.42. The molecule has 7 nitrogen and oxygen atoms in total. The van der Waals surface area contributed by atoms with Crippen molar-refractivity contribution in [2.24, 2.45) is 11.7 Å². The molecule has 0 radical (unpaired) electrons. The SMILES string of the molecule is N=C[C@H]1CCOC[C@@H]1n1cc(C(N)=O)c(Nc2ccc(Cl)c(Cl)c2)n1. The van der Waals surface area contributed by atoms with Crippen molar-refractivity contribution in [3.63, 3.8) is 0 Å². The molecule has 3 rings (SSSR count). The molecule has 2 aromatic rings. The first kappa shape index (κ1) is 17.7. The summed E-state index contributed by atoms with van der Waals surface area (Å²) in [5.41, 5.74) is 6.36. The number of primary amides is 1. The fourth-order valence-electron chi connectivity index (χ4n) is 2.75. The van der Waals surface area contributed by atoms with E-state index in [-0.39, 0.29) is 17.5 Å². The molecular weight excluding hydrogens is 365 g/mol. The number of benzene rings is 1. The lowest BCUT2D eigenvalue weighted by Crippen LogP contribution is -2.31. The van der Waals surface area contributed by atoms with Crippen molar-refractivity contribution >= 4 is 46.8 Å². The molecule has 1 aliphatic heterocycles. The number of anilines is 2. The molecule has 132 valence electrons. The number of nitrogens with one attached hydrogen (secondary N) is 2. The number of carbonyl (C=O) groups is 1. The van der Waals surface area contributed by atoms with Gasteiger partial charge in [0.1, 0.15) is 5.56 Å². The van der Waals surface area contributed by atoms with Crippen LogP contribution in [0.4, 0.5) is 11.5 Å². The van der Waals surface area contributed by atoms with Crippen LogP contribution in [0, 0.1) is 11.3 Å². The van der Waals surface area contributed by atoms with Crippen molar-refractivity contribution in [1.29, 1.82) is 5.41 Å². The van der Waals surface area contributed by atoms with Gasteiger partial charge >= 0.3 is 0 Å². The monoisotopic (exact) mass is 381 g/mol. The minimum Gasteiger partial charge on any atom is -0.379 e. The van der Waals surface area contributed by atoms with Gasteiger partial charge in [0.2, 0.25) is 0 Å². The van der Waals surface area contributed by atoms with Crippen LogP contribution < -0.4 is 11.1 Å². The molecule has 2 atom stereocenters. The van der Waals surface area contributed by atoms with Gasteiger partial charge in [-0.2, -0.15) is 5.10 Å². The third kappa shape index (κ3) is 3.78. The summed E-state index contributed by atoms with van der Waals surface area (Å²) in [6.45, 7) is 1.03. The maximum Gasteiger partial charge on any atom is 0.254 e. The Morgan fingerprint density at radius 1 is 1.44 bits per heavy atom. The zero-order valence-electron chi connectivity index (χ0n) is 13.2.